The number of carbonyl (C=O) groups excluding carboxylic acids is 1. The molecular formula is C17H27NO3. The van der Waals surface area contributed by atoms with Crippen LogP contribution in [0.4, 0.5) is 0 Å². The molecule has 3 fully saturated rings. The smallest absolute Gasteiger partial charge is 0.307 e. The largest absolute Gasteiger partial charge is 0.481 e. The van der Waals surface area contributed by atoms with Crippen LogP contribution in [0.15, 0.2) is 0 Å². The van der Waals surface area contributed by atoms with Gasteiger partial charge in [-0.15, -0.1) is 0 Å². The summed E-state index contributed by atoms with van der Waals surface area (Å²) < 4.78 is 0. The van der Waals surface area contributed by atoms with Crippen LogP contribution >= 0.6 is 0 Å². The van der Waals surface area contributed by atoms with E-state index in [-0.39, 0.29) is 11.8 Å². The third kappa shape index (κ3) is 2.95. The normalized spacial score (nSPS) is 39.9. The topological polar surface area (TPSA) is 57.6 Å². The summed E-state index contributed by atoms with van der Waals surface area (Å²) in [5.74, 6) is 0.418. The molecule has 0 aromatic heterocycles. The third-order valence-corrected chi connectivity index (χ3v) is 6.04. The van der Waals surface area contributed by atoms with Gasteiger partial charge in [-0.25, -0.2) is 0 Å². The van der Waals surface area contributed by atoms with Gasteiger partial charge >= 0.3 is 5.97 Å². The van der Waals surface area contributed by atoms with Crippen molar-refractivity contribution in [1.82, 2.24) is 4.90 Å². The first kappa shape index (κ1) is 14.9. The van der Waals surface area contributed by atoms with E-state index in [1.165, 1.54) is 25.7 Å². The van der Waals surface area contributed by atoms with Gasteiger partial charge in [-0.1, -0.05) is 26.2 Å². The maximum atomic E-state index is 12.8. The van der Waals surface area contributed by atoms with Crippen LogP contribution in [-0.4, -0.2) is 35.0 Å². The molecule has 3 rings (SSSR count). The van der Waals surface area contributed by atoms with E-state index < -0.39 is 11.9 Å². The van der Waals surface area contributed by atoms with Crippen molar-refractivity contribution in [3.63, 3.8) is 0 Å². The maximum Gasteiger partial charge on any atom is 0.307 e. The number of fused-ring (bicyclic) bond motifs is 1. The second kappa shape index (κ2) is 5.98. The van der Waals surface area contributed by atoms with E-state index in [2.05, 4.69) is 6.92 Å². The number of hydrogen-bond donors (Lipinski definition) is 1. The van der Waals surface area contributed by atoms with Gasteiger partial charge in [-0.3, -0.25) is 9.59 Å². The second-order valence-electron chi connectivity index (χ2n) is 7.51. The molecule has 3 aliphatic rings. The fourth-order valence-corrected chi connectivity index (χ4v) is 4.87. The van der Waals surface area contributed by atoms with Crippen molar-refractivity contribution < 1.29 is 14.7 Å². The Kier molecular flexibility index (Phi) is 4.23. The summed E-state index contributed by atoms with van der Waals surface area (Å²) in [7, 11) is 0. The number of likely N-dealkylation sites (tertiary alicyclic amines) is 1. The summed E-state index contributed by atoms with van der Waals surface area (Å²) in [6.45, 7) is 3.79. The number of piperidine rings is 1. The van der Waals surface area contributed by atoms with E-state index in [1.807, 2.05) is 4.90 Å². The monoisotopic (exact) mass is 293 g/mol. The summed E-state index contributed by atoms with van der Waals surface area (Å²) >= 11 is 0. The minimum absolute atomic E-state index is 0.121. The SMILES string of the molecule is CC1C[C@H](C(=O)N2CCC3CCCCC3C2)[C@H](C(=O)O)C1. The second-order valence-corrected chi connectivity index (χ2v) is 7.51. The maximum absolute atomic E-state index is 12.8. The van der Waals surface area contributed by atoms with Crippen molar-refractivity contribution in [2.24, 2.45) is 29.6 Å². The van der Waals surface area contributed by atoms with Crippen LogP contribution < -0.4 is 0 Å². The van der Waals surface area contributed by atoms with Crippen molar-refractivity contribution in [1.29, 1.82) is 0 Å². The molecule has 1 amide bonds. The zero-order valence-electron chi connectivity index (χ0n) is 13.0. The number of aliphatic carboxylic acids is 1. The quantitative estimate of drug-likeness (QED) is 0.851. The average molecular weight is 293 g/mol. The lowest BCUT2D eigenvalue weighted by atomic mass is 9.75. The van der Waals surface area contributed by atoms with Crippen LogP contribution in [0.2, 0.25) is 0 Å². The van der Waals surface area contributed by atoms with Gasteiger partial charge in [0.25, 0.3) is 0 Å². The van der Waals surface area contributed by atoms with E-state index in [1.54, 1.807) is 0 Å². The molecule has 0 spiro atoms. The number of carboxylic acid groups (broad SMARTS) is 1. The zero-order valence-corrected chi connectivity index (χ0v) is 13.0. The molecule has 118 valence electrons. The highest BCUT2D eigenvalue weighted by molar-refractivity contribution is 5.85. The number of amides is 1. The predicted molar refractivity (Wildman–Crippen MR) is 79.7 cm³/mol. The molecule has 3 unspecified atom stereocenters. The Hall–Kier alpha value is -1.06. The molecule has 0 aromatic carbocycles. The Labute approximate surface area is 126 Å². The number of carbonyl (C=O) groups is 2. The highest BCUT2D eigenvalue weighted by Crippen LogP contribution is 2.40. The molecule has 0 radical (unpaired) electrons. The van der Waals surface area contributed by atoms with E-state index in [4.69, 9.17) is 0 Å². The molecule has 1 N–H and O–H groups in total. The highest BCUT2D eigenvalue weighted by atomic mass is 16.4. The van der Waals surface area contributed by atoms with E-state index in [0.717, 1.165) is 31.8 Å². The molecule has 0 bridgehead atoms. The number of nitrogens with zero attached hydrogens (tertiary/aromatic N) is 1. The predicted octanol–water partition coefficient (Wildman–Crippen LogP) is 2.77. The molecule has 4 heteroatoms. The first-order valence-corrected chi connectivity index (χ1v) is 8.58. The fraction of sp³-hybridized carbons (Fsp3) is 0.882. The van der Waals surface area contributed by atoms with Gasteiger partial charge in [0.2, 0.25) is 5.91 Å². The fourth-order valence-electron chi connectivity index (χ4n) is 4.87. The number of rotatable bonds is 2. The third-order valence-electron chi connectivity index (χ3n) is 6.04. The Morgan fingerprint density at radius 1 is 1.00 bits per heavy atom. The average Bonchev–Trinajstić information content (AvgIpc) is 2.88. The van der Waals surface area contributed by atoms with E-state index >= 15 is 0 Å². The van der Waals surface area contributed by atoms with Gasteiger partial charge in [0.05, 0.1) is 11.8 Å². The van der Waals surface area contributed by atoms with Gasteiger partial charge in [0.1, 0.15) is 0 Å². The van der Waals surface area contributed by atoms with Gasteiger partial charge in [-0.05, 0) is 43.4 Å². The molecule has 4 nitrogen and oxygen atoms in total. The Morgan fingerprint density at radius 2 is 1.67 bits per heavy atom. The Morgan fingerprint density at radius 3 is 2.38 bits per heavy atom. The van der Waals surface area contributed by atoms with Crippen LogP contribution in [0.1, 0.15) is 51.9 Å². The molecule has 5 atom stereocenters. The van der Waals surface area contributed by atoms with Crippen molar-refractivity contribution in [2.45, 2.75) is 51.9 Å². The summed E-state index contributed by atoms with van der Waals surface area (Å²) in [5, 5.41) is 9.37. The van der Waals surface area contributed by atoms with Crippen molar-refractivity contribution in [3.8, 4) is 0 Å². The van der Waals surface area contributed by atoms with E-state index in [9.17, 15) is 14.7 Å². The van der Waals surface area contributed by atoms with Gasteiger partial charge in [0, 0.05) is 13.1 Å². The van der Waals surface area contributed by atoms with Gasteiger partial charge in [-0.2, -0.15) is 0 Å². The molecule has 1 saturated heterocycles. The molecular weight excluding hydrogens is 266 g/mol. The first-order chi connectivity index (χ1) is 10.1. The van der Waals surface area contributed by atoms with Crippen molar-refractivity contribution in [2.75, 3.05) is 13.1 Å². The molecule has 0 aromatic rings. The summed E-state index contributed by atoms with van der Waals surface area (Å²) in [6.07, 6.45) is 7.74. The van der Waals surface area contributed by atoms with Crippen LogP contribution in [-0.2, 0) is 9.59 Å². The van der Waals surface area contributed by atoms with Crippen LogP contribution in [0.3, 0.4) is 0 Å². The van der Waals surface area contributed by atoms with Crippen LogP contribution in [0.25, 0.3) is 0 Å². The number of carboxylic acids is 1. The molecule has 2 saturated carbocycles. The Bertz CT molecular complexity index is 422. The van der Waals surface area contributed by atoms with Crippen molar-refractivity contribution in [3.05, 3.63) is 0 Å². The summed E-state index contributed by atoms with van der Waals surface area (Å²) in [6, 6.07) is 0. The summed E-state index contributed by atoms with van der Waals surface area (Å²) in [4.78, 5) is 26.2. The lowest BCUT2D eigenvalue weighted by Gasteiger charge is -2.42. The number of hydrogen-bond acceptors (Lipinski definition) is 2. The van der Waals surface area contributed by atoms with Gasteiger partial charge < -0.3 is 10.0 Å². The molecule has 2 aliphatic carbocycles. The Balaban J connectivity index is 1.66. The zero-order chi connectivity index (χ0) is 15.0. The standard InChI is InChI=1S/C17H27NO3/c1-11-8-14(15(9-11)17(20)21)16(19)18-7-6-12-4-2-3-5-13(12)10-18/h11-15H,2-10H2,1H3,(H,20,21)/t11?,12?,13?,14-,15+/m0/s1. The van der Waals surface area contributed by atoms with E-state index in [0.29, 0.717) is 18.3 Å². The minimum atomic E-state index is -0.787. The first-order valence-electron chi connectivity index (χ1n) is 8.58. The lowest BCUT2D eigenvalue weighted by Crippen LogP contribution is -2.48. The highest BCUT2D eigenvalue weighted by Gasteiger charge is 2.44. The molecule has 1 aliphatic heterocycles. The molecule has 21 heavy (non-hydrogen) atoms. The van der Waals surface area contributed by atoms with Crippen LogP contribution in [0.5, 0.6) is 0 Å². The molecule has 1 heterocycles. The van der Waals surface area contributed by atoms with Gasteiger partial charge in [0.15, 0.2) is 0 Å². The van der Waals surface area contributed by atoms with Crippen LogP contribution in [0, 0.1) is 29.6 Å². The minimum Gasteiger partial charge on any atom is -0.481 e. The lowest BCUT2D eigenvalue weighted by molar-refractivity contribution is -0.150. The summed E-state index contributed by atoms with van der Waals surface area (Å²) in [5.41, 5.74) is 0. The van der Waals surface area contributed by atoms with Crippen molar-refractivity contribution >= 4 is 11.9 Å².